The number of nitrogens with zero attached hydrogens (tertiary/aromatic N) is 1. The third kappa shape index (κ3) is 3.30. The molecule has 0 radical (unpaired) electrons. The summed E-state index contributed by atoms with van der Waals surface area (Å²) in [5, 5.41) is 0. The fourth-order valence-corrected chi connectivity index (χ4v) is 4.35. The van der Waals surface area contributed by atoms with Crippen molar-refractivity contribution in [3.8, 4) is 0 Å². The summed E-state index contributed by atoms with van der Waals surface area (Å²) in [6.45, 7) is 9.78. The number of rotatable bonds is 2. The molecule has 0 aromatic heterocycles. The maximum atomic E-state index is 13.5. The van der Waals surface area contributed by atoms with Gasteiger partial charge >= 0.3 is 0 Å². The fraction of sp³-hybridized carbons (Fsp3) is 0.650. The molecule has 2 heterocycles. The number of hydrogen-bond acceptors (Lipinski definition) is 2. The molecule has 1 aromatic rings. The van der Waals surface area contributed by atoms with E-state index in [-0.39, 0.29) is 5.41 Å². The van der Waals surface area contributed by atoms with Crippen LogP contribution in [-0.4, -0.2) is 37.1 Å². The second kappa shape index (κ2) is 6.64. The lowest BCUT2D eigenvalue weighted by Gasteiger charge is -2.43. The molecular weight excluding hydrogens is 286 g/mol. The summed E-state index contributed by atoms with van der Waals surface area (Å²) in [6, 6.07) is 8.55. The van der Waals surface area contributed by atoms with Crippen LogP contribution in [0.3, 0.4) is 0 Å². The minimum atomic E-state index is -0.386. The molecule has 3 nitrogen and oxygen atoms in total. The van der Waals surface area contributed by atoms with Crippen molar-refractivity contribution in [2.45, 2.75) is 45.4 Å². The molecule has 0 unspecified atom stereocenters. The standard InChI is InChI=1S/C20H29NO2/c1-15-4-6-18(7-5-15)20(8-10-23-11-9-20)19(22)21-13-16(2)12-17(3)14-21/h4-7,16-17H,8-14H2,1-3H3/t16-,17-/m1/s1. The van der Waals surface area contributed by atoms with Crippen molar-refractivity contribution < 1.29 is 9.53 Å². The molecule has 0 N–H and O–H groups in total. The van der Waals surface area contributed by atoms with Crippen LogP contribution in [0, 0.1) is 18.8 Å². The molecule has 0 aliphatic carbocycles. The molecular formula is C20H29NO2. The van der Waals surface area contributed by atoms with E-state index in [1.807, 2.05) is 0 Å². The van der Waals surface area contributed by atoms with Crippen molar-refractivity contribution in [2.75, 3.05) is 26.3 Å². The number of benzene rings is 1. The lowest BCUT2D eigenvalue weighted by Crippen LogP contribution is -2.53. The SMILES string of the molecule is Cc1ccc(C2(C(=O)N3C[C@H](C)C[C@@H](C)C3)CCOCC2)cc1. The van der Waals surface area contributed by atoms with Gasteiger partial charge in [-0.05, 0) is 43.6 Å². The van der Waals surface area contributed by atoms with E-state index in [9.17, 15) is 4.79 Å². The third-order valence-electron chi connectivity index (χ3n) is 5.52. The molecule has 0 spiro atoms. The van der Waals surface area contributed by atoms with Gasteiger partial charge in [0.1, 0.15) is 0 Å². The summed E-state index contributed by atoms with van der Waals surface area (Å²) < 4.78 is 5.58. The van der Waals surface area contributed by atoms with Crippen LogP contribution in [0.15, 0.2) is 24.3 Å². The Kier molecular flexibility index (Phi) is 4.77. The Morgan fingerprint density at radius 3 is 2.22 bits per heavy atom. The molecule has 2 aliphatic heterocycles. The molecule has 126 valence electrons. The van der Waals surface area contributed by atoms with Gasteiger partial charge in [-0.15, -0.1) is 0 Å². The van der Waals surface area contributed by atoms with Gasteiger partial charge in [-0.1, -0.05) is 43.7 Å². The molecule has 3 heteroatoms. The molecule has 0 bridgehead atoms. The Hall–Kier alpha value is -1.35. The van der Waals surface area contributed by atoms with E-state index in [1.54, 1.807) is 0 Å². The topological polar surface area (TPSA) is 29.5 Å². The van der Waals surface area contributed by atoms with Crippen molar-refractivity contribution >= 4 is 5.91 Å². The number of carbonyl (C=O) groups excluding carboxylic acids is 1. The van der Waals surface area contributed by atoms with E-state index < -0.39 is 0 Å². The summed E-state index contributed by atoms with van der Waals surface area (Å²) >= 11 is 0. The summed E-state index contributed by atoms with van der Waals surface area (Å²) in [4.78, 5) is 15.7. The minimum Gasteiger partial charge on any atom is -0.381 e. The number of likely N-dealkylation sites (tertiary alicyclic amines) is 1. The molecule has 0 saturated carbocycles. The lowest BCUT2D eigenvalue weighted by molar-refractivity contribution is -0.144. The van der Waals surface area contributed by atoms with Crippen LogP contribution in [0.1, 0.15) is 44.2 Å². The smallest absolute Gasteiger partial charge is 0.233 e. The van der Waals surface area contributed by atoms with Crippen LogP contribution in [0.2, 0.25) is 0 Å². The monoisotopic (exact) mass is 315 g/mol. The van der Waals surface area contributed by atoms with Crippen LogP contribution >= 0.6 is 0 Å². The van der Waals surface area contributed by atoms with Gasteiger partial charge in [0.25, 0.3) is 0 Å². The van der Waals surface area contributed by atoms with Crippen molar-refractivity contribution in [3.05, 3.63) is 35.4 Å². The van der Waals surface area contributed by atoms with Crippen LogP contribution < -0.4 is 0 Å². The number of carbonyl (C=O) groups is 1. The van der Waals surface area contributed by atoms with E-state index in [4.69, 9.17) is 4.74 Å². The molecule has 1 aromatic carbocycles. The molecule has 2 fully saturated rings. The van der Waals surface area contributed by atoms with Gasteiger partial charge in [-0.3, -0.25) is 4.79 Å². The van der Waals surface area contributed by atoms with E-state index in [2.05, 4.69) is 49.9 Å². The van der Waals surface area contributed by atoms with Gasteiger partial charge in [0.2, 0.25) is 5.91 Å². The zero-order valence-electron chi connectivity index (χ0n) is 14.7. The van der Waals surface area contributed by atoms with Crippen LogP contribution in [0.4, 0.5) is 0 Å². The highest BCUT2D eigenvalue weighted by atomic mass is 16.5. The molecule has 3 rings (SSSR count). The Balaban J connectivity index is 1.92. The maximum absolute atomic E-state index is 13.5. The summed E-state index contributed by atoms with van der Waals surface area (Å²) in [5.74, 6) is 1.51. The van der Waals surface area contributed by atoms with Crippen molar-refractivity contribution in [2.24, 2.45) is 11.8 Å². The first-order valence-corrected chi connectivity index (χ1v) is 8.95. The normalized spacial score (nSPS) is 27.7. The third-order valence-corrected chi connectivity index (χ3v) is 5.52. The Morgan fingerprint density at radius 1 is 1.09 bits per heavy atom. The van der Waals surface area contributed by atoms with Gasteiger partial charge in [-0.25, -0.2) is 0 Å². The quantitative estimate of drug-likeness (QED) is 0.835. The number of aryl methyl sites for hydroxylation is 1. The first kappa shape index (κ1) is 16.5. The molecule has 2 atom stereocenters. The van der Waals surface area contributed by atoms with Crippen molar-refractivity contribution in [1.29, 1.82) is 0 Å². The zero-order chi connectivity index (χ0) is 16.4. The van der Waals surface area contributed by atoms with Gasteiger partial charge in [0.15, 0.2) is 0 Å². The number of hydrogen-bond donors (Lipinski definition) is 0. The number of piperidine rings is 1. The first-order chi connectivity index (χ1) is 11.0. The van der Waals surface area contributed by atoms with E-state index in [1.165, 1.54) is 17.5 Å². The molecule has 2 aliphatic rings. The van der Waals surface area contributed by atoms with Crippen molar-refractivity contribution in [3.63, 3.8) is 0 Å². The maximum Gasteiger partial charge on any atom is 0.233 e. The van der Waals surface area contributed by atoms with Crippen LogP contribution in [-0.2, 0) is 14.9 Å². The Labute approximate surface area is 140 Å². The average molecular weight is 315 g/mol. The second-order valence-corrected chi connectivity index (χ2v) is 7.72. The van der Waals surface area contributed by atoms with Crippen LogP contribution in [0.25, 0.3) is 0 Å². The largest absolute Gasteiger partial charge is 0.381 e. The highest BCUT2D eigenvalue weighted by Crippen LogP contribution is 2.38. The number of amides is 1. The van der Waals surface area contributed by atoms with E-state index >= 15 is 0 Å². The van der Waals surface area contributed by atoms with Crippen molar-refractivity contribution in [1.82, 2.24) is 4.90 Å². The summed E-state index contributed by atoms with van der Waals surface area (Å²) in [5.41, 5.74) is 2.02. The van der Waals surface area contributed by atoms with Gasteiger partial charge < -0.3 is 9.64 Å². The predicted molar refractivity (Wildman–Crippen MR) is 92.4 cm³/mol. The molecule has 1 amide bonds. The van der Waals surface area contributed by atoms with E-state index in [0.29, 0.717) is 31.0 Å². The molecule has 23 heavy (non-hydrogen) atoms. The average Bonchev–Trinajstić information content (AvgIpc) is 2.54. The Bertz CT molecular complexity index is 535. The van der Waals surface area contributed by atoms with Gasteiger partial charge in [0.05, 0.1) is 5.41 Å². The number of ether oxygens (including phenoxy) is 1. The lowest BCUT2D eigenvalue weighted by atomic mass is 9.72. The highest BCUT2D eigenvalue weighted by Gasteiger charge is 2.45. The summed E-state index contributed by atoms with van der Waals surface area (Å²) in [6.07, 6.45) is 2.83. The van der Waals surface area contributed by atoms with Gasteiger partial charge in [0, 0.05) is 26.3 Å². The highest BCUT2D eigenvalue weighted by molar-refractivity contribution is 5.88. The second-order valence-electron chi connectivity index (χ2n) is 7.72. The Morgan fingerprint density at radius 2 is 1.65 bits per heavy atom. The van der Waals surface area contributed by atoms with Crippen LogP contribution in [0.5, 0.6) is 0 Å². The zero-order valence-corrected chi connectivity index (χ0v) is 14.7. The summed E-state index contributed by atoms with van der Waals surface area (Å²) in [7, 11) is 0. The minimum absolute atomic E-state index is 0.322. The fourth-order valence-electron chi connectivity index (χ4n) is 4.35. The van der Waals surface area contributed by atoms with E-state index in [0.717, 1.165) is 25.9 Å². The van der Waals surface area contributed by atoms with Gasteiger partial charge in [-0.2, -0.15) is 0 Å². The molecule has 2 saturated heterocycles. The first-order valence-electron chi connectivity index (χ1n) is 8.95. The predicted octanol–water partition coefficient (Wildman–Crippen LogP) is 3.55.